The number of pyridine rings is 1. The molecule has 1 heterocycles. The van der Waals surface area contributed by atoms with Gasteiger partial charge in [0.2, 0.25) is 11.8 Å². The highest BCUT2D eigenvalue weighted by atomic mass is 32.2. The molecule has 2 rings (SSSR count). The van der Waals surface area contributed by atoms with Crippen molar-refractivity contribution in [3.63, 3.8) is 0 Å². The third kappa shape index (κ3) is 7.49. The summed E-state index contributed by atoms with van der Waals surface area (Å²) in [6.45, 7) is 4.32. The van der Waals surface area contributed by atoms with Gasteiger partial charge in [-0.3, -0.25) is 14.1 Å². The van der Waals surface area contributed by atoms with Crippen LogP contribution >= 0.6 is 0 Å². The summed E-state index contributed by atoms with van der Waals surface area (Å²) in [5.74, 6) is -0.449. The van der Waals surface area contributed by atoms with E-state index in [0.717, 1.165) is 16.3 Å². The molecule has 0 aliphatic rings. The number of carbonyl (C=O) groups is 1. The predicted molar refractivity (Wildman–Crippen MR) is 127 cm³/mol. The molecule has 0 saturated heterocycles. The maximum atomic E-state index is 13.1. The summed E-state index contributed by atoms with van der Waals surface area (Å²) >= 11 is 0. The Morgan fingerprint density at radius 1 is 1.16 bits per heavy atom. The van der Waals surface area contributed by atoms with E-state index < -0.39 is 15.9 Å². The van der Waals surface area contributed by atoms with E-state index in [-0.39, 0.29) is 18.1 Å². The first-order valence-corrected chi connectivity index (χ1v) is 12.0. The number of benzene rings is 1. The number of aromatic nitrogens is 1. The minimum absolute atomic E-state index is 0.272. The normalized spacial score (nSPS) is 11.7. The summed E-state index contributed by atoms with van der Waals surface area (Å²) in [6.07, 6.45) is 7.20. The van der Waals surface area contributed by atoms with Gasteiger partial charge in [0.25, 0.3) is 10.0 Å². The number of carbonyl (C=O) groups excluding carboxylic acids is 1. The zero-order valence-electron chi connectivity index (χ0n) is 18.7. The summed E-state index contributed by atoms with van der Waals surface area (Å²) in [7, 11) is -2.45. The van der Waals surface area contributed by atoms with Gasteiger partial charge in [-0.05, 0) is 31.1 Å². The van der Waals surface area contributed by atoms with Crippen molar-refractivity contribution in [2.24, 2.45) is 4.99 Å². The first-order valence-electron chi connectivity index (χ1n) is 10.4. The van der Waals surface area contributed by atoms with Crippen LogP contribution in [0, 0.1) is 0 Å². The molecule has 0 fully saturated rings. The SMILES string of the molecule is CC/C=C\C=NCS(=O)(=O)N(CC(=O)N(CC)Cc1ccccc1)c1ccc(OC)nc1. The number of nitrogens with zero attached hydrogens (tertiary/aromatic N) is 4. The summed E-state index contributed by atoms with van der Waals surface area (Å²) in [5, 5.41) is 0. The first kappa shape index (κ1) is 25.1. The molecular weight excluding hydrogens is 428 g/mol. The van der Waals surface area contributed by atoms with Gasteiger partial charge in [0.1, 0.15) is 6.54 Å². The second kappa shape index (κ2) is 12.6. The summed E-state index contributed by atoms with van der Waals surface area (Å²) in [4.78, 5) is 22.8. The second-order valence-electron chi connectivity index (χ2n) is 6.87. The van der Waals surface area contributed by atoms with E-state index in [9.17, 15) is 13.2 Å². The highest BCUT2D eigenvalue weighted by Crippen LogP contribution is 2.20. The van der Waals surface area contributed by atoms with Crippen LogP contribution in [0.4, 0.5) is 5.69 Å². The van der Waals surface area contributed by atoms with Gasteiger partial charge in [0, 0.05) is 25.4 Å². The summed E-state index contributed by atoms with van der Waals surface area (Å²) < 4.78 is 32.3. The minimum atomic E-state index is -3.92. The molecule has 9 heteroatoms. The van der Waals surface area contributed by atoms with E-state index in [2.05, 4.69) is 9.98 Å². The minimum Gasteiger partial charge on any atom is -0.481 e. The molecule has 172 valence electrons. The van der Waals surface area contributed by atoms with Crippen molar-refractivity contribution >= 4 is 27.8 Å². The molecular formula is C23H30N4O4S. The van der Waals surface area contributed by atoms with Crippen LogP contribution in [0.5, 0.6) is 5.88 Å². The Balaban J connectivity index is 2.27. The molecule has 0 aliphatic heterocycles. The van der Waals surface area contributed by atoms with Crippen molar-refractivity contribution < 1.29 is 17.9 Å². The third-order valence-electron chi connectivity index (χ3n) is 4.58. The van der Waals surface area contributed by atoms with Gasteiger partial charge in [0.15, 0.2) is 5.88 Å². The molecule has 0 radical (unpaired) electrons. The van der Waals surface area contributed by atoms with Crippen LogP contribution in [0.3, 0.4) is 0 Å². The van der Waals surface area contributed by atoms with Crippen LogP contribution in [0.25, 0.3) is 0 Å². The van der Waals surface area contributed by atoms with Crippen LogP contribution in [0.1, 0.15) is 25.8 Å². The fourth-order valence-electron chi connectivity index (χ4n) is 2.86. The number of likely N-dealkylation sites (N-methyl/N-ethyl adjacent to an activating group) is 1. The van der Waals surface area contributed by atoms with Gasteiger partial charge >= 0.3 is 0 Å². The molecule has 0 N–H and O–H groups in total. The Bertz CT molecular complexity index is 1010. The smallest absolute Gasteiger partial charge is 0.255 e. The Kier molecular flexibility index (Phi) is 9.87. The van der Waals surface area contributed by atoms with E-state index in [1.165, 1.54) is 19.5 Å². The quantitative estimate of drug-likeness (QED) is 0.455. The van der Waals surface area contributed by atoms with Gasteiger partial charge in [0.05, 0.1) is 19.0 Å². The number of anilines is 1. The number of aliphatic imine (C=N–C) groups is 1. The monoisotopic (exact) mass is 458 g/mol. The fraction of sp³-hybridized carbons (Fsp3) is 0.348. The summed E-state index contributed by atoms with van der Waals surface area (Å²) in [6, 6.07) is 12.7. The number of hydrogen-bond acceptors (Lipinski definition) is 6. The molecule has 0 aliphatic carbocycles. The Labute approximate surface area is 190 Å². The molecule has 8 nitrogen and oxygen atoms in total. The molecule has 1 amide bonds. The van der Waals surface area contributed by atoms with E-state index in [1.54, 1.807) is 23.1 Å². The van der Waals surface area contributed by atoms with Crippen molar-refractivity contribution in [1.82, 2.24) is 9.88 Å². The molecule has 0 saturated carbocycles. The lowest BCUT2D eigenvalue weighted by molar-refractivity contribution is -0.129. The molecule has 0 atom stereocenters. The molecule has 0 bridgehead atoms. The summed E-state index contributed by atoms with van der Waals surface area (Å²) in [5.41, 5.74) is 1.24. The average molecular weight is 459 g/mol. The van der Waals surface area contributed by atoms with Gasteiger partial charge < -0.3 is 9.64 Å². The zero-order chi connectivity index (χ0) is 23.4. The number of methoxy groups -OCH3 is 1. The van der Waals surface area contributed by atoms with Gasteiger partial charge in [-0.25, -0.2) is 13.4 Å². The number of ether oxygens (including phenoxy) is 1. The lowest BCUT2D eigenvalue weighted by atomic mass is 10.2. The van der Waals surface area contributed by atoms with Crippen molar-refractivity contribution in [3.8, 4) is 5.88 Å². The molecule has 0 spiro atoms. The van der Waals surface area contributed by atoms with Crippen LogP contribution in [-0.2, 0) is 21.4 Å². The molecule has 1 aromatic carbocycles. The van der Waals surface area contributed by atoms with E-state index in [4.69, 9.17) is 4.74 Å². The van der Waals surface area contributed by atoms with E-state index in [0.29, 0.717) is 19.0 Å². The molecule has 2 aromatic rings. The topological polar surface area (TPSA) is 92.2 Å². The van der Waals surface area contributed by atoms with Crippen LogP contribution in [-0.4, -0.2) is 56.5 Å². The lowest BCUT2D eigenvalue weighted by Gasteiger charge is -2.27. The Morgan fingerprint density at radius 2 is 1.91 bits per heavy atom. The maximum absolute atomic E-state index is 13.1. The predicted octanol–water partition coefficient (Wildman–Crippen LogP) is 3.27. The Morgan fingerprint density at radius 3 is 2.50 bits per heavy atom. The van der Waals surface area contributed by atoms with Crippen molar-refractivity contribution in [2.75, 3.05) is 30.4 Å². The maximum Gasteiger partial charge on any atom is 0.255 e. The van der Waals surface area contributed by atoms with Crippen LogP contribution in [0.15, 0.2) is 65.8 Å². The number of allylic oxidation sites excluding steroid dienone is 2. The molecule has 1 aromatic heterocycles. The largest absolute Gasteiger partial charge is 0.481 e. The molecule has 32 heavy (non-hydrogen) atoms. The number of rotatable bonds is 12. The number of amides is 1. The van der Waals surface area contributed by atoms with Crippen molar-refractivity contribution in [2.45, 2.75) is 26.8 Å². The van der Waals surface area contributed by atoms with E-state index in [1.807, 2.05) is 50.3 Å². The average Bonchev–Trinajstić information content (AvgIpc) is 2.81. The number of hydrogen-bond donors (Lipinski definition) is 0. The van der Waals surface area contributed by atoms with Crippen molar-refractivity contribution in [1.29, 1.82) is 0 Å². The Hall–Kier alpha value is -3.20. The van der Waals surface area contributed by atoms with Gasteiger partial charge in [-0.15, -0.1) is 0 Å². The van der Waals surface area contributed by atoms with E-state index >= 15 is 0 Å². The zero-order valence-corrected chi connectivity index (χ0v) is 19.5. The van der Waals surface area contributed by atoms with Crippen LogP contribution in [0.2, 0.25) is 0 Å². The molecule has 0 unspecified atom stereocenters. The first-order chi connectivity index (χ1) is 15.4. The lowest BCUT2D eigenvalue weighted by Crippen LogP contribution is -2.43. The van der Waals surface area contributed by atoms with Crippen LogP contribution < -0.4 is 9.04 Å². The van der Waals surface area contributed by atoms with Gasteiger partial charge in [-0.1, -0.05) is 43.3 Å². The van der Waals surface area contributed by atoms with Gasteiger partial charge in [-0.2, -0.15) is 0 Å². The standard InChI is InChI=1S/C23H30N4O4S/c1-4-6-10-15-24-19-32(29,30)27(21-13-14-22(31-3)25-16-21)18-23(28)26(5-2)17-20-11-8-7-9-12-20/h6-16H,4-5,17-19H2,1-3H3/b10-6-,24-15?. The highest BCUT2D eigenvalue weighted by Gasteiger charge is 2.27. The number of sulfonamides is 1. The third-order valence-corrected chi connectivity index (χ3v) is 6.07. The highest BCUT2D eigenvalue weighted by molar-refractivity contribution is 7.92. The second-order valence-corrected chi connectivity index (χ2v) is 8.73. The van der Waals surface area contributed by atoms with Crippen molar-refractivity contribution in [3.05, 3.63) is 66.4 Å². The fourth-order valence-corrected chi connectivity index (χ4v) is 4.01.